The maximum atomic E-state index is 12.0. The minimum atomic E-state index is -3.40. The largest absolute Gasteiger partial charge is 0.330 e. The molecule has 1 heterocycles. The summed E-state index contributed by atoms with van der Waals surface area (Å²) in [6.07, 6.45) is 0.647. The van der Waals surface area contributed by atoms with Crippen LogP contribution in [0.1, 0.15) is 12.0 Å². The van der Waals surface area contributed by atoms with Crippen molar-refractivity contribution < 1.29 is 8.42 Å². The fourth-order valence-corrected chi connectivity index (χ4v) is 4.28. The van der Waals surface area contributed by atoms with Gasteiger partial charge in [-0.05, 0) is 31.5 Å². The van der Waals surface area contributed by atoms with Gasteiger partial charge in [0.25, 0.3) is 10.0 Å². The Balaban J connectivity index is 2.93. The molecule has 16 heavy (non-hydrogen) atoms. The number of sulfonamides is 1. The molecule has 0 atom stereocenters. The third-order valence-corrected chi connectivity index (χ3v) is 6.04. The number of rotatable bonds is 5. The highest BCUT2D eigenvalue weighted by molar-refractivity contribution is 7.91. The molecule has 0 aliphatic heterocycles. The van der Waals surface area contributed by atoms with E-state index >= 15 is 0 Å². The average Bonchev–Trinajstić information content (AvgIpc) is 2.56. The van der Waals surface area contributed by atoms with E-state index in [1.54, 1.807) is 20.0 Å². The summed E-state index contributed by atoms with van der Waals surface area (Å²) in [5, 5.41) is 0. The number of hydrogen-bond acceptors (Lipinski definition) is 4. The second kappa shape index (κ2) is 5.46. The van der Waals surface area contributed by atoms with E-state index in [-0.39, 0.29) is 4.21 Å². The summed E-state index contributed by atoms with van der Waals surface area (Å²) in [6, 6.07) is 1.60. The van der Waals surface area contributed by atoms with E-state index in [2.05, 4.69) is 0 Å². The SMILES string of the molecule is Cc1cc(S(=O)(=O)N(C)CCCN)sc1Cl. The summed E-state index contributed by atoms with van der Waals surface area (Å²) in [4.78, 5) is 0. The molecule has 92 valence electrons. The molecule has 4 nitrogen and oxygen atoms in total. The summed E-state index contributed by atoms with van der Waals surface area (Å²) in [7, 11) is -1.85. The lowest BCUT2D eigenvalue weighted by atomic mass is 10.4. The van der Waals surface area contributed by atoms with E-state index in [0.717, 1.165) is 16.9 Å². The summed E-state index contributed by atoms with van der Waals surface area (Å²) in [5.41, 5.74) is 6.14. The molecule has 0 aromatic carbocycles. The van der Waals surface area contributed by atoms with E-state index in [9.17, 15) is 8.42 Å². The van der Waals surface area contributed by atoms with Gasteiger partial charge in [-0.25, -0.2) is 12.7 Å². The quantitative estimate of drug-likeness (QED) is 0.894. The maximum Gasteiger partial charge on any atom is 0.252 e. The molecule has 0 radical (unpaired) electrons. The molecule has 1 aromatic rings. The molecule has 1 rings (SSSR count). The smallest absolute Gasteiger partial charge is 0.252 e. The molecule has 0 bridgehead atoms. The summed E-state index contributed by atoms with van der Waals surface area (Å²) < 4.78 is 26.2. The standard InChI is InChI=1S/C9H15ClN2O2S2/c1-7-6-8(15-9(7)10)16(13,14)12(2)5-3-4-11/h6H,3-5,11H2,1-2H3. The minimum Gasteiger partial charge on any atom is -0.330 e. The Morgan fingerprint density at radius 3 is 2.62 bits per heavy atom. The van der Waals surface area contributed by atoms with Crippen molar-refractivity contribution >= 4 is 33.0 Å². The molecule has 0 aliphatic carbocycles. The normalized spacial score (nSPS) is 12.3. The van der Waals surface area contributed by atoms with Gasteiger partial charge in [-0.1, -0.05) is 11.6 Å². The van der Waals surface area contributed by atoms with Gasteiger partial charge < -0.3 is 5.73 Å². The van der Waals surface area contributed by atoms with Gasteiger partial charge >= 0.3 is 0 Å². The molecule has 0 saturated heterocycles. The zero-order chi connectivity index (χ0) is 12.3. The molecule has 0 amide bonds. The minimum absolute atomic E-state index is 0.287. The topological polar surface area (TPSA) is 63.4 Å². The first kappa shape index (κ1) is 13.9. The van der Waals surface area contributed by atoms with Crippen molar-refractivity contribution in [1.82, 2.24) is 4.31 Å². The Hall–Kier alpha value is -0.140. The molecule has 2 N–H and O–H groups in total. The van der Waals surface area contributed by atoms with Crippen molar-refractivity contribution in [2.75, 3.05) is 20.1 Å². The van der Waals surface area contributed by atoms with Crippen LogP contribution in [-0.2, 0) is 10.0 Å². The van der Waals surface area contributed by atoms with Crippen LogP contribution in [0.5, 0.6) is 0 Å². The molecular formula is C9H15ClN2O2S2. The lowest BCUT2D eigenvalue weighted by molar-refractivity contribution is 0.465. The van der Waals surface area contributed by atoms with Crippen molar-refractivity contribution in [1.29, 1.82) is 0 Å². The highest BCUT2D eigenvalue weighted by atomic mass is 35.5. The van der Waals surface area contributed by atoms with Crippen LogP contribution >= 0.6 is 22.9 Å². The van der Waals surface area contributed by atoms with Gasteiger partial charge in [0.1, 0.15) is 4.21 Å². The first-order valence-electron chi connectivity index (χ1n) is 4.82. The number of hydrogen-bond donors (Lipinski definition) is 1. The van der Waals surface area contributed by atoms with Crippen molar-refractivity contribution in [2.24, 2.45) is 5.73 Å². The van der Waals surface area contributed by atoms with E-state index in [0.29, 0.717) is 23.8 Å². The zero-order valence-corrected chi connectivity index (χ0v) is 11.6. The molecule has 0 unspecified atom stereocenters. The van der Waals surface area contributed by atoms with Crippen LogP contribution in [0.4, 0.5) is 0 Å². The van der Waals surface area contributed by atoms with Crippen molar-refractivity contribution in [3.05, 3.63) is 16.0 Å². The first-order valence-corrected chi connectivity index (χ1v) is 7.45. The Labute approximate surface area is 105 Å². The van der Waals surface area contributed by atoms with Gasteiger partial charge in [0.2, 0.25) is 0 Å². The third kappa shape index (κ3) is 2.95. The molecule has 7 heteroatoms. The van der Waals surface area contributed by atoms with Crippen LogP contribution in [0.3, 0.4) is 0 Å². The number of aryl methyl sites for hydroxylation is 1. The summed E-state index contributed by atoms with van der Waals surface area (Å²) in [6.45, 7) is 2.69. The number of nitrogens with two attached hydrogens (primary N) is 1. The monoisotopic (exact) mass is 282 g/mol. The second-order valence-corrected chi connectivity index (χ2v) is 7.42. The summed E-state index contributed by atoms with van der Waals surface area (Å²) >= 11 is 6.95. The third-order valence-electron chi connectivity index (χ3n) is 2.18. The van der Waals surface area contributed by atoms with Crippen molar-refractivity contribution in [3.63, 3.8) is 0 Å². The Morgan fingerprint density at radius 1 is 1.56 bits per heavy atom. The Bertz CT molecular complexity index is 437. The predicted molar refractivity (Wildman–Crippen MR) is 67.6 cm³/mol. The van der Waals surface area contributed by atoms with E-state index in [4.69, 9.17) is 17.3 Å². The van der Waals surface area contributed by atoms with Crippen LogP contribution in [0.15, 0.2) is 10.3 Å². The lowest BCUT2D eigenvalue weighted by Crippen LogP contribution is -2.28. The zero-order valence-electron chi connectivity index (χ0n) is 9.23. The molecule has 1 aromatic heterocycles. The second-order valence-electron chi connectivity index (χ2n) is 3.49. The first-order chi connectivity index (χ1) is 7.39. The number of thiophene rings is 1. The van der Waals surface area contributed by atoms with Crippen LogP contribution < -0.4 is 5.73 Å². The average molecular weight is 283 g/mol. The molecule has 0 saturated carbocycles. The van der Waals surface area contributed by atoms with Gasteiger partial charge in [-0.15, -0.1) is 11.3 Å². The fraction of sp³-hybridized carbons (Fsp3) is 0.556. The Kier molecular flexibility index (Phi) is 4.75. The predicted octanol–water partition coefficient (Wildman–Crippen LogP) is 1.68. The van der Waals surface area contributed by atoms with Crippen LogP contribution in [0, 0.1) is 6.92 Å². The number of nitrogens with zero attached hydrogens (tertiary/aromatic N) is 1. The van der Waals surface area contributed by atoms with Crippen LogP contribution in [0.2, 0.25) is 4.34 Å². The molecule has 0 spiro atoms. The van der Waals surface area contributed by atoms with Gasteiger partial charge in [-0.2, -0.15) is 0 Å². The van der Waals surface area contributed by atoms with Crippen molar-refractivity contribution in [2.45, 2.75) is 17.6 Å². The Morgan fingerprint density at radius 2 is 2.19 bits per heavy atom. The van der Waals surface area contributed by atoms with E-state index in [1.807, 2.05) is 0 Å². The highest BCUT2D eigenvalue weighted by Gasteiger charge is 2.23. The molecule has 0 fully saturated rings. The fourth-order valence-electron chi connectivity index (χ4n) is 1.15. The maximum absolute atomic E-state index is 12.0. The number of halogens is 1. The van der Waals surface area contributed by atoms with E-state index < -0.39 is 10.0 Å². The highest BCUT2D eigenvalue weighted by Crippen LogP contribution is 2.31. The van der Waals surface area contributed by atoms with E-state index in [1.165, 1.54) is 4.31 Å². The van der Waals surface area contributed by atoms with Gasteiger partial charge in [0.15, 0.2) is 0 Å². The van der Waals surface area contributed by atoms with Crippen LogP contribution in [0.25, 0.3) is 0 Å². The van der Waals surface area contributed by atoms with Crippen molar-refractivity contribution in [3.8, 4) is 0 Å². The lowest BCUT2D eigenvalue weighted by Gasteiger charge is -2.14. The molecular weight excluding hydrogens is 268 g/mol. The van der Waals surface area contributed by atoms with Gasteiger partial charge in [0, 0.05) is 13.6 Å². The van der Waals surface area contributed by atoms with Crippen LogP contribution in [-0.4, -0.2) is 32.9 Å². The molecule has 0 aliphatic rings. The van der Waals surface area contributed by atoms with Gasteiger partial charge in [-0.3, -0.25) is 0 Å². The van der Waals surface area contributed by atoms with Gasteiger partial charge in [0.05, 0.1) is 4.34 Å². The summed E-state index contributed by atoms with van der Waals surface area (Å²) in [5.74, 6) is 0.